The highest BCUT2D eigenvalue weighted by atomic mass is 16.5. The van der Waals surface area contributed by atoms with Gasteiger partial charge >= 0.3 is 0 Å². The van der Waals surface area contributed by atoms with Crippen molar-refractivity contribution in [1.29, 1.82) is 5.26 Å². The minimum absolute atomic E-state index is 0.0191. The summed E-state index contributed by atoms with van der Waals surface area (Å²) in [5.74, 6) is 0. The number of H-pyrrole nitrogens is 1. The quantitative estimate of drug-likeness (QED) is 0.751. The number of hydrogen-bond acceptors (Lipinski definition) is 6. The SMILES string of the molecule is [B]C([B])([B])OC1(C)CCN(c2c(C#N)c(=O)[nH]c3cnc(C(C)O)cc23)CC1. The topological polar surface area (TPSA) is 102 Å². The first-order valence-corrected chi connectivity index (χ1v) is 8.99. The van der Waals surface area contributed by atoms with Gasteiger partial charge in [-0.3, -0.25) is 9.78 Å². The average Bonchev–Trinajstić information content (AvgIpc) is 2.59. The Balaban J connectivity index is 2.04. The molecular formula is C18H19B3N4O3. The third-order valence-electron chi connectivity index (χ3n) is 4.99. The highest BCUT2D eigenvalue weighted by Gasteiger charge is 2.35. The fraction of sp³-hybridized carbons (Fsp3) is 0.500. The zero-order chi connectivity index (χ0) is 20.7. The number of nitrogens with one attached hydrogen (secondary N) is 1. The predicted molar refractivity (Wildman–Crippen MR) is 109 cm³/mol. The van der Waals surface area contributed by atoms with E-state index in [1.54, 1.807) is 13.0 Å². The van der Waals surface area contributed by atoms with Gasteiger partial charge < -0.3 is 19.7 Å². The van der Waals surface area contributed by atoms with Gasteiger partial charge in [-0.05, 0) is 38.1 Å². The van der Waals surface area contributed by atoms with E-state index in [9.17, 15) is 15.2 Å². The average molecular weight is 372 g/mol. The van der Waals surface area contributed by atoms with Crippen molar-refractivity contribution in [2.24, 2.45) is 0 Å². The van der Waals surface area contributed by atoms with Crippen LogP contribution in [0.15, 0.2) is 17.1 Å². The number of aromatic amines is 1. The van der Waals surface area contributed by atoms with Crippen LogP contribution in [0.5, 0.6) is 0 Å². The number of aliphatic hydroxyl groups excluding tert-OH is 1. The summed E-state index contributed by atoms with van der Waals surface area (Å²) in [6.07, 6.45) is 1.81. The maximum absolute atomic E-state index is 12.4. The normalized spacial score (nSPS) is 18.0. The molecule has 1 aliphatic rings. The van der Waals surface area contributed by atoms with Crippen LogP contribution in [0.4, 0.5) is 5.69 Å². The van der Waals surface area contributed by atoms with Crippen LogP contribution >= 0.6 is 0 Å². The van der Waals surface area contributed by atoms with Crippen LogP contribution in [-0.2, 0) is 4.74 Å². The highest BCUT2D eigenvalue weighted by molar-refractivity contribution is 6.58. The second-order valence-corrected chi connectivity index (χ2v) is 7.51. The fourth-order valence-electron chi connectivity index (χ4n) is 3.59. The van der Waals surface area contributed by atoms with Crippen molar-refractivity contribution in [3.63, 3.8) is 0 Å². The Morgan fingerprint density at radius 2 is 2.07 bits per heavy atom. The molecule has 28 heavy (non-hydrogen) atoms. The molecule has 2 aromatic heterocycles. The van der Waals surface area contributed by atoms with Gasteiger partial charge in [0.15, 0.2) is 0 Å². The van der Waals surface area contributed by atoms with Gasteiger partial charge in [0, 0.05) is 18.5 Å². The molecule has 1 atom stereocenters. The highest BCUT2D eigenvalue weighted by Crippen LogP contribution is 2.35. The molecule has 3 heterocycles. The second-order valence-electron chi connectivity index (χ2n) is 7.51. The Labute approximate surface area is 167 Å². The molecule has 1 aliphatic heterocycles. The van der Waals surface area contributed by atoms with Gasteiger partial charge in [-0.2, -0.15) is 5.26 Å². The summed E-state index contributed by atoms with van der Waals surface area (Å²) in [5, 5.41) is 18.4. The van der Waals surface area contributed by atoms with Gasteiger partial charge in [-0.25, -0.2) is 0 Å². The van der Waals surface area contributed by atoms with E-state index in [1.807, 2.05) is 17.9 Å². The molecule has 10 heteroatoms. The number of aliphatic hydroxyl groups is 1. The lowest BCUT2D eigenvalue weighted by Gasteiger charge is -2.44. The summed E-state index contributed by atoms with van der Waals surface area (Å²) in [6.45, 7) is 4.49. The van der Waals surface area contributed by atoms with Crippen molar-refractivity contribution < 1.29 is 9.84 Å². The van der Waals surface area contributed by atoms with Gasteiger partial charge in [-0.1, -0.05) is 0 Å². The van der Waals surface area contributed by atoms with Crippen molar-refractivity contribution in [2.45, 2.75) is 43.7 Å². The number of ether oxygens (including phenoxy) is 1. The molecule has 6 radical (unpaired) electrons. The van der Waals surface area contributed by atoms with Crippen molar-refractivity contribution >= 4 is 40.1 Å². The molecule has 2 N–H and O–H groups in total. The number of rotatable bonds is 4. The lowest BCUT2D eigenvalue weighted by molar-refractivity contribution is -0.0541. The molecule has 7 nitrogen and oxygen atoms in total. The number of hydrogen-bond donors (Lipinski definition) is 2. The third-order valence-corrected chi connectivity index (χ3v) is 4.99. The smallest absolute Gasteiger partial charge is 0.268 e. The zero-order valence-corrected chi connectivity index (χ0v) is 15.9. The number of piperidine rings is 1. The van der Waals surface area contributed by atoms with Gasteiger partial charge in [0.2, 0.25) is 0 Å². The molecule has 3 rings (SSSR count). The Morgan fingerprint density at radius 3 is 2.61 bits per heavy atom. The van der Waals surface area contributed by atoms with Gasteiger partial charge in [0.25, 0.3) is 5.56 Å². The van der Waals surface area contributed by atoms with Crippen LogP contribution in [0, 0.1) is 11.3 Å². The largest absolute Gasteiger partial charge is 0.397 e. The van der Waals surface area contributed by atoms with E-state index in [0.29, 0.717) is 48.2 Å². The van der Waals surface area contributed by atoms with Gasteiger partial charge in [-0.15, -0.1) is 0 Å². The number of anilines is 1. The van der Waals surface area contributed by atoms with Crippen LogP contribution < -0.4 is 10.5 Å². The van der Waals surface area contributed by atoms with Crippen molar-refractivity contribution in [3.05, 3.63) is 33.9 Å². The van der Waals surface area contributed by atoms with E-state index >= 15 is 0 Å². The molecule has 138 valence electrons. The lowest BCUT2D eigenvalue weighted by atomic mass is 9.52. The standard InChI is InChI=1S/C18H19B3N4O3/c1-10(26)13-7-11-14(9-23-13)24-16(27)12(8-22)15(11)25-5-3-17(2,4-6-25)28-18(19,20)21/h7,9-10,26H,3-6H2,1-2H3,(H,24,27). The van der Waals surface area contributed by atoms with Crippen molar-refractivity contribution in [3.8, 4) is 6.07 Å². The van der Waals surface area contributed by atoms with Crippen molar-refractivity contribution in [2.75, 3.05) is 18.0 Å². The summed E-state index contributed by atoms with van der Waals surface area (Å²) in [7, 11) is 16.7. The fourth-order valence-corrected chi connectivity index (χ4v) is 3.59. The Morgan fingerprint density at radius 1 is 1.43 bits per heavy atom. The molecular weight excluding hydrogens is 353 g/mol. The van der Waals surface area contributed by atoms with Crippen LogP contribution in [0.2, 0.25) is 0 Å². The first kappa shape index (κ1) is 20.5. The van der Waals surface area contributed by atoms with E-state index in [0.717, 1.165) is 0 Å². The Hall–Kier alpha value is -2.24. The summed E-state index contributed by atoms with van der Waals surface area (Å²) in [5.41, 5.74) is 0.390. The van der Waals surface area contributed by atoms with Crippen LogP contribution in [-0.4, -0.2) is 62.6 Å². The maximum atomic E-state index is 12.4. The molecule has 0 saturated carbocycles. The van der Waals surface area contributed by atoms with Gasteiger partial charge in [0.1, 0.15) is 11.6 Å². The van der Waals surface area contributed by atoms with E-state index in [-0.39, 0.29) is 5.56 Å². The predicted octanol–water partition coefficient (Wildman–Crippen LogP) is 0.340. The Kier molecular flexibility index (Phi) is 5.35. The molecule has 0 amide bonds. The first-order valence-electron chi connectivity index (χ1n) is 8.99. The van der Waals surface area contributed by atoms with Crippen LogP contribution in [0.3, 0.4) is 0 Å². The molecule has 0 spiro atoms. The van der Waals surface area contributed by atoms with Gasteiger partial charge in [0.05, 0.1) is 58.3 Å². The lowest BCUT2D eigenvalue weighted by Crippen LogP contribution is -2.51. The summed E-state index contributed by atoms with van der Waals surface area (Å²) < 4.78 is 5.60. The second kappa shape index (κ2) is 7.30. The summed E-state index contributed by atoms with van der Waals surface area (Å²) in [4.78, 5) is 21.2. The number of pyridine rings is 2. The maximum Gasteiger partial charge on any atom is 0.268 e. The van der Waals surface area contributed by atoms with E-state index in [1.165, 1.54) is 6.20 Å². The number of fused-ring (bicyclic) bond motifs is 1. The minimum atomic E-state index is -1.73. The van der Waals surface area contributed by atoms with E-state index in [4.69, 9.17) is 28.3 Å². The summed E-state index contributed by atoms with van der Waals surface area (Å²) in [6, 6.07) is 3.70. The number of nitrogens with zero attached hydrogens (tertiary/aromatic N) is 3. The number of aromatic nitrogens is 2. The first-order chi connectivity index (χ1) is 13.0. The Bertz CT molecular complexity index is 986. The molecule has 1 fully saturated rings. The minimum Gasteiger partial charge on any atom is -0.397 e. The third kappa shape index (κ3) is 4.11. The molecule has 0 bridgehead atoms. The van der Waals surface area contributed by atoms with E-state index in [2.05, 4.69) is 9.97 Å². The summed E-state index contributed by atoms with van der Waals surface area (Å²) >= 11 is 0. The monoisotopic (exact) mass is 372 g/mol. The molecule has 2 aromatic rings. The van der Waals surface area contributed by atoms with E-state index < -0.39 is 22.6 Å². The molecule has 1 unspecified atom stereocenters. The number of nitriles is 1. The molecule has 0 aromatic carbocycles. The zero-order valence-electron chi connectivity index (χ0n) is 15.9. The molecule has 1 saturated heterocycles. The molecule has 0 aliphatic carbocycles. The van der Waals surface area contributed by atoms with Crippen LogP contribution in [0.25, 0.3) is 10.9 Å². The van der Waals surface area contributed by atoms with Crippen molar-refractivity contribution in [1.82, 2.24) is 9.97 Å². The van der Waals surface area contributed by atoms with Crippen LogP contribution in [0.1, 0.15) is 44.1 Å².